The number of ketones is 1. The van der Waals surface area contributed by atoms with Crippen molar-refractivity contribution in [3.8, 4) is 34.5 Å². The van der Waals surface area contributed by atoms with Crippen LogP contribution < -0.4 is 34.2 Å². The molecule has 7 aromatic rings. The number of methoxy groups -OCH3 is 6. The van der Waals surface area contributed by atoms with Crippen LogP contribution in [0.15, 0.2) is 48.5 Å². The average Bonchev–Trinajstić information content (AvgIpc) is 3.95. The number of nitrogens with one attached hydrogen (secondary N) is 2. The molecule has 0 amide bonds. The summed E-state index contributed by atoms with van der Waals surface area (Å²) >= 11 is 0. The van der Waals surface area contributed by atoms with Gasteiger partial charge in [0.2, 0.25) is 11.5 Å². The number of nitrogens with two attached hydrogens (primary N) is 1. The van der Waals surface area contributed by atoms with Crippen molar-refractivity contribution in [2.45, 2.75) is 53.0 Å². The highest BCUT2D eigenvalue weighted by Crippen LogP contribution is 2.44. The van der Waals surface area contributed by atoms with Gasteiger partial charge < -0.3 is 53.8 Å². The van der Waals surface area contributed by atoms with Gasteiger partial charge in [0, 0.05) is 44.0 Å². The number of anilines is 1. The molecule has 0 saturated heterocycles. The van der Waals surface area contributed by atoms with Gasteiger partial charge in [0.1, 0.15) is 17.0 Å². The minimum atomic E-state index is -1.04. The molecule has 0 atom stereocenters. The van der Waals surface area contributed by atoms with Gasteiger partial charge in [-0.05, 0) is 43.2 Å². The van der Waals surface area contributed by atoms with Gasteiger partial charge >= 0.3 is 5.97 Å². The largest absolute Gasteiger partial charge is 0.493 e. The third-order valence-electron chi connectivity index (χ3n) is 9.66. The Morgan fingerprint density at radius 1 is 0.741 bits per heavy atom. The number of ether oxygens (including phenoxy) is 6. The Morgan fingerprint density at radius 3 is 1.83 bits per heavy atom. The number of para-hydroxylation sites is 1. The highest BCUT2D eigenvalue weighted by Gasteiger charge is 2.22. The maximum Gasteiger partial charge on any atom is 0.352 e. The topological polar surface area (TPSA) is 198 Å². The second-order valence-electron chi connectivity index (χ2n) is 12.9. The molecule has 5 N–H and O–H groups in total. The number of aromatic carboxylic acids is 1. The molecule has 3 aromatic carbocycles. The molecule has 4 heterocycles. The van der Waals surface area contributed by atoms with E-state index in [2.05, 4.69) is 32.5 Å². The predicted octanol–water partition coefficient (Wildman–Crippen LogP) is 7.83. The van der Waals surface area contributed by atoms with Gasteiger partial charge in [-0.2, -0.15) is 0 Å². The highest BCUT2D eigenvalue weighted by atomic mass is 16.5. The predicted molar refractivity (Wildman–Crippen MR) is 227 cm³/mol. The summed E-state index contributed by atoms with van der Waals surface area (Å²) in [6.07, 6.45) is 3.89. The Hall–Kier alpha value is -6.58. The van der Waals surface area contributed by atoms with E-state index in [9.17, 15) is 9.59 Å². The van der Waals surface area contributed by atoms with E-state index in [1.54, 1.807) is 27.4 Å². The van der Waals surface area contributed by atoms with Gasteiger partial charge in [0.05, 0.1) is 70.4 Å². The van der Waals surface area contributed by atoms with Crippen molar-refractivity contribution >= 4 is 69.7 Å². The number of carboxylic acid groups (broad SMARTS) is 1. The number of nitrogen functional groups attached to an aromatic ring is 1. The molecule has 305 valence electrons. The van der Waals surface area contributed by atoms with Gasteiger partial charge in [-0.25, -0.2) is 14.8 Å². The van der Waals surface area contributed by atoms with Crippen molar-refractivity contribution < 1.29 is 43.1 Å². The molecule has 3 radical (unpaired) electrons. The normalized spacial score (nSPS) is 10.7. The Kier molecular flexibility index (Phi) is 14.5. The molecule has 0 unspecified atom stereocenters. The van der Waals surface area contributed by atoms with Gasteiger partial charge in [0.25, 0.3) is 0 Å². The van der Waals surface area contributed by atoms with Crippen LogP contribution in [0.1, 0.15) is 66.8 Å². The van der Waals surface area contributed by atoms with Crippen LogP contribution in [0.2, 0.25) is 0 Å². The van der Waals surface area contributed by atoms with Crippen molar-refractivity contribution in [2.24, 2.45) is 0 Å². The van der Waals surface area contributed by atoms with Crippen LogP contribution in [0.4, 0.5) is 5.82 Å². The number of benzene rings is 3. The molecule has 0 aliphatic heterocycles. The molecule has 0 bridgehead atoms. The first kappa shape index (κ1) is 44.1. The Bertz CT molecular complexity index is 2560. The van der Waals surface area contributed by atoms with Gasteiger partial charge in [-0.15, -0.1) is 0 Å². The number of imidazole rings is 1. The van der Waals surface area contributed by atoms with Crippen molar-refractivity contribution in [3.63, 3.8) is 0 Å². The van der Waals surface area contributed by atoms with Crippen LogP contribution in [-0.2, 0) is 13.0 Å². The number of hydrogen-bond acceptors (Lipinski definition) is 11. The SMILES string of the molecule is C.CCc1nc2c(N)nc3ccccc3c2n1CCCCCC(=O)c1cc2cc(OC)c(OC)c(OC)c2[nH]1.COc1cc2cc(C(=O)O)[nH]c2c(OC)c1OC.[B]. The summed E-state index contributed by atoms with van der Waals surface area (Å²) in [6.45, 7) is 2.91. The lowest BCUT2D eigenvalue weighted by atomic mass is 10.1. The van der Waals surface area contributed by atoms with Crippen molar-refractivity contribution in [2.75, 3.05) is 48.4 Å². The van der Waals surface area contributed by atoms with Crippen LogP contribution in [0, 0.1) is 0 Å². The van der Waals surface area contributed by atoms with Crippen molar-refractivity contribution in [1.29, 1.82) is 0 Å². The van der Waals surface area contributed by atoms with E-state index < -0.39 is 5.97 Å². The number of aromatic amines is 2. The van der Waals surface area contributed by atoms with Crippen LogP contribution >= 0.6 is 0 Å². The van der Waals surface area contributed by atoms with E-state index >= 15 is 0 Å². The fraction of sp³-hybridized carbons (Fsp3) is 0.333. The molecule has 0 aliphatic carbocycles. The van der Waals surface area contributed by atoms with E-state index in [0.717, 1.165) is 65.4 Å². The molecule has 16 heteroatoms. The molecule has 7 rings (SSSR count). The van der Waals surface area contributed by atoms with Gasteiger partial charge in [-0.3, -0.25) is 4.79 Å². The summed E-state index contributed by atoms with van der Waals surface area (Å²) in [6, 6.07) is 14.9. The number of carboxylic acids is 1. The fourth-order valence-corrected chi connectivity index (χ4v) is 7.04. The lowest BCUT2D eigenvalue weighted by Gasteiger charge is -2.12. The second-order valence-corrected chi connectivity index (χ2v) is 12.9. The zero-order valence-corrected chi connectivity index (χ0v) is 33.1. The molecule has 0 saturated carbocycles. The van der Waals surface area contributed by atoms with Gasteiger partial charge in [0.15, 0.2) is 34.6 Å². The molecular weight excluding hydrogens is 743 g/mol. The Balaban J connectivity index is 0.000000314. The maximum absolute atomic E-state index is 13.0. The fourth-order valence-electron chi connectivity index (χ4n) is 7.04. The van der Waals surface area contributed by atoms with E-state index in [0.29, 0.717) is 68.8 Å². The molecule has 0 spiro atoms. The quantitative estimate of drug-likeness (QED) is 0.0447. The van der Waals surface area contributed by atoms with Crippen LogP contribution in [-0.4, -0.2) is 92.4 Å². The van der Waals surface area contributed by atoms with E-state index in [-0.39, 0.29) is 27.3 Å². The number of aromatic nitrogens is 5. The monoisotopic (exact) mass is 793 g/mol. The van der Waals surface area contributed by atoms with E-state index in [1.807, 2.05) is 30.3 Å². The van der Waals surface area contributed by atoms with Crippen LogP contribution in [0.3, 0.4) is 0 Å². The van der Waals surface area contributed by atoms with Crippen LogP contribution in [0.25, 0.3) is 43.7 Å². The summed E-state index contributed by atoms with van der Waals surface area (Å²) < 4.78 is 34.4. The smallest absolute Gasteiger partial charge is 0.352 e. The Morgan fingerprint density at radius 2 is 1.29 bits per heavy atom. The molecule has 4 aromatic heterocycles. The van der Waals surface area contributed by atoms with E-state index in [4.69, 9.17) is 44.2 Å². The highest BCUT2D eigenvalue weighted by molar-refractivity contribution is 6.06. The average molecular weight is 794 g/mol. The number of Topliss-reactive ketones (excluding diaryl/α,β-unsaturated/α-hetero) is 1. The van der Waals surface area contributed by atoms with Crippen molar-refractivity contribution in [1.82, 2.24) is 24.5 Å². The number of fused-ring (bicyclic) bond motifs is 5. The third-order valence-corrected chi connectivity index (χ3v) is 9.66. The lowest BCUT2D eigenvalue weighted by molar-refractivity contribution is 0.0691. The van der Waals surface area contributed by atoms with Gasteiger partial charge in [-0.1, -0.05) is 39.0 Å². The number of pyridine rings is 1. The number of hydrogen-bond donors (Lipinski definition) is 4. The second kappa shape index (κ2) is 19.0. The maximum atomic E-state index is 13.0. The lowest BCUT2D eigenvalue weighted by Crippen LogP contribution is -2.05. The number of carbonyl (C=O) groups is 2. The summed E-state index contributed by atoms with van der Waals surface area (Å²) in [4.78, 5) is 39.3. The first-order valence-corrected chi connectivity index (χ1v) is 18.1. The molecule has 58 heavy (non-hydrogen) atoms. The molecule has 0 fully saturated rings. The Labute approximate surface area is 338 Å². The standard InChI is InChI=1S/C29H33N5O4.C12H13NO5.CH4.B/c1-5-23-33-25-26(18-11-8-9-12-19(18)32-29(25)30)34(23)14-10-6-7-13-21(35)20-15-17-16-22(36-2)27(37-3)28(38-4)24(17)31-20;1-16-8-5-6-4-7(12(14)15)13-9(6)11(18-3)10(8)17-2;;/h8-9,11-12,15-16,31H,5-7,10,13-14H2,1-4H3,(H2,30,32);4-5,13H,1-3H3,(H,14,15);1H4;. The summed E-state index contributed by atoms with van der Waals surface area (Å²) in [5.41, 5.74) is 10.8. The number of unbranched alkanes of at least 4 members (excludes halogenated alkanes) is 2. The molecule has 15 nitrogen and oxygen atoms in total. The first-order chi connectivity index (χ1) is 27.1. The van der Waals surface area contributed by atoms with E-state index in [1.165, 1.54) is 27.4 Å². The van der Waals surface area contributed by atoms with Crippen LogP contribution in [0.5, 0.6) is 34.5 Å². The summed E-state index contributed by atoms with van der Waals surface area (Å²) in [5, 5.41) is 11.5. The minimum Gasteiger partial charge on any atom is -0.493 e. The molecular formula is C42H50BN6O9. The summed E-state index contributed by atoms with van der Waals surface area (Å²) in [5.74, 6) is 3.37. The number of rotatable bonds is 15. The molecule has 0 aliphatic rings. The summed E-state index contributed by atoms with van der Waals surface area (Å²) in [7, 11) is 9.19. The number of aryl methyl sites for hydroxylation is 2. The third kappa shape index (κ3) is 8.26. The number of nitrogens with zero attached hydrogens (tertiary/aromatic N) is 3. The first-order valence-electron chi connectivity index (χ1n) is 18.1. The zero-order valence-electron chi connectivity index (χ0n) is 33.1. The zero-order chi connectivity index (χ0) is 40.1. The minimum absolute atomic E-state index is 0. The number of carbonyl (C=O) groups excluding carboxylic acids is 1. The number of H-pyrrole nitrogens is 2. The van der Waals surface area contributed by atoms with Crippen molar-refractivity contribution in [3.05, 3.63) is 65.7 Å².